The minimum absolute atomic E-state index is 0.00771. The molecule has 3 aromatic rings. The predicted molar refractivity (Wildman–Crippen MR) is 129 cm³/mol. The van der Waals surface area contributed by atoms with Gasteiger partial charge in [0.05, 0.1) is 0 Å². The summed E-state index contributed by atoms with van der Waals surface area (Å²) in [5.74, 6) is 0. The van der Waals surface area contributed by atoms with E-state index in [1.807, 2.05) is 18.2 Å². The summed E-state index contributed by atoms with van der Waals surface area (Å²) in [5.41, 5.74) is 3.66. The zero-order valence-electron chi connectivity index (χ0n) is 18.7. The van der Waals surface area contributed by atoms with Crippen LogP contribution < -0.4 is 10.6 Å². The fraction of sp³-hybridized carbons (Fsp3) is 0.308. The first-order valence-electron chi connectivity index (χ1n) is 10.3. The van der Waals surface area contributed by atoms with E-state index in [1.54, 1.807) is 42.5 Å². The van der Waals surface area contributed by atoms with Crippen LogP contribution in [0.5, 0.6) is 0 Å². The third-order valence-electron chi connectivity index (χ3n) is 5.56. The van der Waals surface area contributed by atoms with E-state index in [0.717, 1.165) is 11.1 Å². The van der Waals surface area contributed by atoms with Crippen molar-refractivity contribution >= 4 is 17.9 Å². The molecule has 0 fully saturated rings. The second-order valence-corrected chi connectivity index (χ2v) is 13.1. The monoisotopic (exact) mass is 424 g/mol. The summed E-state index contributed by atoms with van der Waals surface area (Å²) in [6, 6.07) is 21.7. The van der Waals surface area contributed by atoms with Gasteiger partial charge in [0.2, 0.25) is 0 Å². The maximum absolute atomic E-state index is 11.3. The summed E-state index contributed by atoms with van der Waals surface area (Å²) >= 11 is 0. The first-order chi connectivity index (χ1) is 13.7. The Morgan fingerprint density at radius 2 is 1.17 bits per heavy atom. The number of hydrogen-bond acceptors (Lipinski definition) is 3. The number of rotatable bonds is 3. The number of hydrogen-bond donors (Lipinski definition) is 3. The Kier molecular flexibility index (Phi) is 5.50. The topological polar surface area (TPSA) is 60.7 Å². The molecule has 0 aromatic heterocycles. The Hall–Kier alpha value is -2.03. The van der Waals surface area contributed by atoms with Crippen molar-refractivity contribution in [3.8, 4) is 11.1 Å². The molecule has 0 saturated heterocycles. The van der Waals surface area contributed by atoms with Crippen molar-refractivity contribution < 1.29 is 14.7 Å². The maximum atomic E-state index is 11.3. The molecule has 0 unspecified atom stereocenters. The fourth-order valence-electron chi connectivity index (χ4n) is 3.77. The Balaban J connectivity index is 2.32. The van der Waals surface area contributed by atoms with Crippen molar-refractivity contribution in [1.29, 1.82) is 0 Å². The first-order valence-corrected chi connectivity index (χ1v) is 12.4. The van der Waals surface area contributed by atoms with E-state index in [9.17, 15) is 14.7 Å². The molecule has 0 atom stereocenters. The van der Waals surface area contributed by atoms with Crippen LogP contribution in [0.4, 0.5) is 0 Å². The van der Waals surface area contributed by atoms with E-state index in [-0.39, 0.29) is 21.4 Å². The third-order valence-corrected chi connectivity index (χ3v) is 8.09. The quantitative estimate of drug-likeness (QED) is 0.508. The van der Waals surface area contributed by atoms with Crippen molar-refractivity contribution in [2.24, 2.45) is 0 Å². The van der Waals surface area contributed by atoms with Gasteiger partial charge in [-0.3, -0.25) is 0 Å². The Bertz CT molecular complexity index is 1050. The molecular formula is C26H33O3P. The van der Waals surface area contributed by atoms with E-state index in [0.29, 0.717) is 5.56 Å². The van der Waals surface area contributed by atoms with Crippen LogP contribution in [-0.4, -0.2) is 14.7 Å². The van der Waals surface area contributed by atoms with Crippen molar-refractivity contribution in [2.75, 3.05) is 0 Å². The van der Waals surface area contributed by atoms with Gasteiger partial charge in [-0.05, 0) is 0 Å². The standard InChI is InChI=1S/C26H33O3P/c1-25(2,3)19-16-17-21(23(18-19)26(4,5)6)22-14-10-11-15-24(22)30(27,28,29)20-12-8-7-9-13-20/h7-18,27-29H,1-6H3. The summed E-state index contributed by atoms with van der Waals surface area (Å²) in [5, 5.41) is 0.281. The summed E-state index contributed by atoms with van der Waals surface area (Å²) in [7, 11) is -5.31. The molecule has 0 spiro atoms. The minimum atomic E-state index is -5.31. The molecule has 3 rings (SSSR count). The van der Waals surface area contributed by atoms with Crippen LogP contribution >= 0.6 is 7.28 Å². The Morgan fingerprint density at radius 1 is 0.600 bits per heavy atom. The van der Waals surface area contributed by atoms with Crippen molar-refractivity contribution in [3.63, 3.8) is 0 Å². The number of benzene rings is 3. The van der Waals surface area contributed by atoms with Crippen LogP contribution in [0, 0.1) is 0 Å². The molecule has 3 aromatic carbocycles. The molecule has 0 amide bonds. The average Bonchev–Trinajstić information content (AvgIpc) is 2.66. The molecule has 4 heteroatoms. The van der Waals surface area contributed by atoms with Crippen LogP contribution in [0.2, 0.25) is 0 Å². The van der Waals surface area contributed by atoms with Crippen LogP contribution in [0.15, 0.2) is 72.8 Å². The van der Waals surface area contributed by atoms with Crippen LogP contribution in [0.1, 0.15) is 52.7 Å². The average molecular weight is 425 g/mol. The van der Waals surface area contributed by atoms with Gasteiger partial charge in [0.15, 0.2) is 0 Å². The zero-order chi connectivity index (χ0) is 22.4. The van der Waals surface area contributed by atoms with E-state index < -0.39 is 7.28 Å². The molecule has 160 valence electrons. The summed E-state index contributed by atoms with van der Waals surface area (Å²) in [4.78, 5) is 33.9. The second kappa shape index (κ2) is 7.28. The SMILES string of the molecule is CC(C)(C)c1ccc(-c2ccccc2P(O)(O)(O)c2ccccc2)c(C(C)(C)C)c1. The van der Waals surface area contributed by atoms with Gasteiger partial charge >= 0.3 is 180 Å². The Morgan fingerprint density at radius 3 is 1.73 bits per heavy atom. The normalized spacial score (nSPS) is 14.2. The molecule has 0 radical (unpaired) electrons. The molecule has 30 heavy (non-hydrogen) atoms. The third kappa shape index (κ3) is 4.22. The van der Waals surface area contributed by atoms with Gasteiger partial charge in [-0.1, -0.05) is 0 Å². The van der Waals surface area contributed by atoms with Crippen molar-refractivity contribution in [3.05, 3.63) is 83.9 Å². The van der Waals surface area contributed by atoms with Crippen molar-refractivity contribution in [1.82, 2.24) is 0 Å². The predicted octanol–water partition coefficient (Wildman–Crippen LogP) is 5.17. The first kappa shape index (κ1) is 22.7. The molecule has 0 saturated carbocycles. The molecule has 3 N–H and O–H groups in total. The summed E-state index contributed by atoms with van der Waals surface area (Å²) < 4.78 is 0. The molecule has 0 aliphatic carbocycles. The van der Waals surface area contributed by atoms with Crippen LogP contribution in [0.25, 0.3) is 11.1 Å². The second-order valence-electron chi connectivity index (χ2n) is 10.1. The molecule has 0 aliphatic heterocycles. The summed E-state index contributed by atoms with van der Waals surface area (Å²) in [6.45, 7) is 13.0. The fourth-order valence-corrected chi connectivity index (χ4v) is 5.77. The van der Waals surface area contributed by atoms with E-state index in [4.69, 9.17) is 0 Å². The molecule has 0 heterocycles. The summed E-state index contributed by atoms with van der Waals surface area (Å²) in [6.07, 6.45) is 0. The Labute approximate surface area is 180 Å². The van der Waals surface area contributed by atoms with Gasteiger partial charge in [-0.2, -0.15) is 0 Å². The molecule has 0 bridgehead atoms. The van der Waals surface area contributed by atoms with E-state index in [2.05, 4.69) is 53.7 Å². The van der Waals surface area contributed by atoms with Crippen LogP contribution in [-0.2, 0) is 10.8 Å². The van der Waals surface area contributed by atoms with Gasteiger partial charge in [0.1, 0.15) is 0 Å². The van der Waals surface area contributed by atoms with Gasteiger partial charge in [0.25, 0.3) is 0 Å². The van der Waals surface area contributed by atoms with Gasteiger partial charge in [0, 0.05) is 0 Å². The molecule has 3 nitrogen and oxygen atoms in total. The zero-order valence-corrected chi connectivity index (χ0v) is 19.6. The molecular weight excluding hydrogens is 391 g/mol. The van der Waals surface area contributed by atoms with E-state index in [1.165, 1.54) is 5.56 Å². The van der Waals surface area contributed by atoms with Gasteiger partial charge in [-0.15, -0.1) is 0 Å². The molecule has 0 aliphatic rings. The van der Waals surface area contributed by atoms with E-state index >= 15 is 0 Å². The van der Waals surface area contributed by atoms with Crippen LogP contribution in [0.3, 0.4) is 0 Å². The van der Waals surface area contributed by atoms with Crippen molar-refractivity contribution in [2.45, 2.75) is 52.4 Å². The van der Waals surface area contributed by atoms with Gasteiger partial charge < -0.3 is 0 Å². The van der Waals surface area contributed by atoms with Gasteiger partial charge in [-0.25, -0.2) is 0 Å².